The first-order chi connectivity index (χ1) is 5.13. The fourth-order valence-corrected chi connectivity index (χ4v) is 1.38. The summed E-state index contributed by atoms with van der Waals surface area (Å²) in [5.74, 6) is 0. The van der Waals surface area contributed by atoms with Gasteiger partial charge in [-0.05, 0) is 13.8 Å². The Morgan fingerprint density at radius 1 is 1.45 bits per heavy atom. The predicted molar refractivity (Wildman–Crippen MR) is 39.6 cm³/mol. The average molecular weight is 159 g/mol. The van der Waals surface area contributed by atoms with Crippen LogP contribution >= 0.6 is 0 Å². The molecule has 0 unspecified atom stereocenters. The molecule has 1 fully saturated rings. The van der Waals surface area contributed by atoms with Gasteiger partial charge in [-0.1, -0.05) is 0 Å². The fourth-order valence-electron chi connectivity index (χ4n) is 1.38. The van der Waals surface area contributed by atoms with Crippen LogP contribution in [0.2, 0.25) is 0 Å². The van der Waals surface area contributed by atoms with Crippen LogP contribution in [0.1, 0.15) is 13.8 Å². The standard InChI is InChI=1S/C7H13NO3/c1-5-3-11-4-6(2)8(5)7(9)10/h5-6H,3-4H2,1-2H3,(H,9,10)/t5-,6-/m0/s1. The number of amides is 1. The minimum atomic E-state index is -0.853. The summed E-state index contributed by atoms with van der Waals surface area (Å²) >= 11 is 0. The second-order valence-electron chi connectivity index (χ2n) is 2.93. The van der Waals surface area contributed by atoms with Crippen molar-refractivity contribution in [2.75, 3.05) is 13.2 Å². The van der Waals surface area contributed by atoms with E-state index in [2.05, 4.69) is 0 Å². The van der Waals surface area contributed by atoms with Gasteiger partial charge in [-0.25, -0.2) is 4.79 Å². The van der Waals surface area contributed by atoms with Gasteiger partial charge in [-0.3, -0.25) is 4.90 Å². The molecule has 1 amide bonds. The van der Waals surface area contributed by atoms with Crippen LogP contribution in [0.15, 0.2) is 0 Å². The van der Waals surface area contributed by atoms with Crippen molar-refractivity contribution < 1.29 is 14.6 Å². The van der Waals surface area contributed by atoms with Gasteiger partial charge in [-0.15, -0.1) is 0 Å². The van der Waals surface area contributed by atoms with Gasteiger partial charge < -0.3 is 9.84 Å². The summed E-state index contributed by atoms with van der Waals surface area (Å²) in [5.41, 5.74) is 0. The zero-order valence-electron chi connectivity index (χ0n) is 6.78. The monoisotopic (exact) mass is 159 g/mol. The molecule has 64 valence electrons. The average Bonchev–Trinajstić information content (AvgIpc) is 1.85. The van der Waals surface area contributed by atoms with Crippen molar-refractivity contribution in [1.82, 2.24) is 4.90 Å². The molecule has 4 nitrogen and oxygen atoms in total. The molecule has 0 aliphatic carbocycles. The first-order valence-corrected chi connectivity index (χ1v) is 3.72. The molecular formula is C7H13NO3. The molecule has 1 saturated heterocycles. The Labute approximate surface area is 65.8 Å². The summed E-state index contributed by atoms with van der Waals surface area (Å²) in [7, 11) is 0. The van der Waals surface area contributed by atoms with E-state index in [1.807, 2.05) is 13.8 Å². The van der Waals surface area contributed by atoms with E-state index in [4.69, 9.17) is 9.84 Å². The second kappa shape index (κ2) is 3.09. The van der Waals surface area contributed by atoms with E-state index in [1.165, 1.54) is 4.90 Å². The SMILES string of the molecule is C[C@H]1COC[C@H](C)N1C(=O)O. The zero-order chi connectivity index (χ0) is 8.43. The Hall–Kier alpha value is -0.770. The van der Waals surface area contributed by atoms with Crippen LogP contribution in [0.25, 0.3) is 0 Å². The van der Waals surface area contributed by atoms with Crippen LogP contribution in [0.4, 0.5) is 4.79 Å². The molecule has 1 rings (SSSR count). The molecule has 11 heavy (non-hydrogen) atoms. The molecule has 4 heteroatoms. The second-order valence-corrected chi connectivity index (χ2v) is 2.93. The number of ether oxygens (including phenoxy) is 1. The number of rotatable bonds is 0. The Morgan fingerprint density at radius 2 is 1.91 bits per heavy atom. The molecule has 0 spiro atoms. The third-order valence-electron chi connectivity index (χ3n) is 1.89. The van der Waals surface area contributed by atoms with Crippen molar-refractivity contribution >= 4 is 6.09 Å². The zero-order valence-corrected chi connectivity index (χ0v) is 6.78. The first-order valence-electron chi connectivity index (χ1n) is 3.72. The summed E-state index contributed by atoms with van der Waals surface area (Å²) in [6.07, 6.45) is -0.853. The van der Waals surface area contributed by atoms with Crippen molar-refractivity contribution in [3.63, 3.8) is 0 Å². The van der Waals surface area contributed by atoms with Gasteiger partial charge in [-0.2, -0.15) is 0 Å². The quantitative estimate of drug-likeness (QED) is 0.568. The molecule has 0 bridgehead atoms. The fraction of sp³-hybridized carbons (Fsp3) is 0.857. The van der Waals surface area contributed by atoms with Gasteiger partial charge >= 0.3 is 6.09 Å². The normalized spacial score (nSPS) is 32.0. The number of carbonyl (C=O) groups is 1. The number of morpholine rings is 1. The largest absolute Gasteiger partial charge is 0.465 e. The third kappa shape index (κ3) is 1.63. The maximum atomic E-state index is 10.6. The molecule has 1 aliphatic heterocycles. The smallest absolute Gasteiger partial charge is 0.407 e. The van der Waals surface area contributed by atoms with Crippen LogP contribution in [0, 0.1) is 0 Å². The van der Waals surface area contributed by atoms with Crippen LogP contribution in [-0.4, -0.2) is 41.4 Å². The molecule has 0 aromatic rings. The minimum absolute atomic E-state index is 0.0174. The summed E-state index contributed by atoms with van der Waals surface area (Å²) in [4.78, 5) is 12.1. The van der Waals surface area contributed by atoms with E-state index in [9.17, 15) is 4.79 Å². The van der Waals surface area contributed by atoms with E-state index >= 15 is 0 Å². The number of hydrogen-bond acceptors (Lipinski definition) is 2. The lowest BCUT2D eigenvalue weighted by Crippen LogP contribution is -2.51. The molecule has 0 aromatic heterocycles. The highest BCUT2D eigenvalue weighted by Gasteiger charge is 2.28. The molecule has 2 atom stereocenters. The maximum Gasteiger partial charge on any atom is 0.407 e. The Balaban J connectivity index is 2.62. The van der Waals surface area contributed by atoms with Gasteiger partial charge in [0.05, 0.1) is 25.3 Å². The Bertz CT molecular complexity index is 150. The molecule has 1 N–H and O–H groups in total. The first kappa shape index (κ1) is 8.33. The van der Waals surface area contributed by atoms with Gasteiger partial charge in [0, 0.05) is 0 Å². The number of hydrogen-bond donors (Lipinski definition) is 1. The van der Waals surface area contributed by atoms with E-state index < -0.39 is 6.09 Å². The van der Waals surface area contributed by atoms with Crippen LogP contribution < -0.4 is 0 Å². The van der Waals surface area contributed by atoms with Gasteiger partial charge in [0.25, 0.3) is 0 Å². The summed E-state index contributed by atoms with van der Waals surface area (Å²) in [6.45, 7) is 4.72. The topological polar surface area (TPSA) is 49.8 Å². The highest BCUT2D eigenvalue weighted by atomic mass is 16.5. The lowest BCUT2D eigenvalue weighted by Gasteiger charge is -2.36. The molecule has 1 aliphatic rings. The number of carboxylic acid groups (broad SMARTS) is 1. The molecule has 0 radical (unpaired) electrons. The van der Waals surface area contributed by atoms with Crippen molar-refractivity contribution in [3.8, 4) is 0 Å². The van der Waals surface area contributed by atoms with E-state index in [1.54, 1.807) is 0 Å². The van der Waals surface area contributed by atoms with E-state index in [0.29, 0.717) is 13.2 Å². The molecule has 0 saturated carbocycles. The summed E-state index contributed by atoms with van der Waals surface area (Å²) < 4.78 is 5.17. The van der Waals surface area contributed by atoms with E-state index in [0.717, 1.165) is 0 Å². The van der Waals surface area contributed by atoms with Gasteiger partial charge in [0.1, 0.15) is 0 Å². The minimum Gasteiger partial charge on any atom is -0.465 e. The lowest BCUT2D eigenvalue weighted by molar-refractivity contribution is -0.0257. The van der Waals surface area contributed by atoms with Crippen LogP contribution in [0.3, 0.4) is 0 Å². The summed E-state index contributed by atoms with van der Waals surface area (Å²) in [6, 6.07) is -0.0347. The van der Waals surface area contributed by atoms with Crippen molar-refractivity contribution in [1.29, 1.82) is 0 Å². The van der Waals surface area contributed by atoms with Crippen molar-refractivity contribution in [3.05, 3.63) is 0 Å². The van der Waals surface area contributed by atoms with E-state index in [-0.39, 0.29) is 12.1 Å². The van der Waals surface area contributed by atoms with Gasteiger partial charge in [0.2, 0.25) is 0 Å². The molecule has 0 aromatic carbocycles. The van der Waals surface area contributed by atoms with Gasteiger partial charge in [0.15, 0.2) is 0 Å². The highest BCUT2D eigenvalue weighted by molar-refractivity contribution is 5.66. The predicted octanol–water partition coefficient (Wildman–Crippen LogP) is 0.774. The maximum absolute atomic E-state index is 10.6. The molecule has 1 heterocycles. The lowest BCUT2D eigenvalue weighted by atomic mass is 10.2. The van der Waals surface area contributed by atoms with Crippen molar-refractivity contribution in [2.24, 2.45) is 0 Å². The number of nitrogens with zero attached hydrogens (tertiary/aromatic N) is 1. The highest BCUT2D eigenvalue weighted by Crippen LogP contribution is 2.12. The molecular weight excluding hydrogens is 146 g/mol. The van der Waals surface area contributed by atoms with Crippen molar-refractivity contribution in [2.45, 2.75) is 25.9 Å². The third-order valence-corrected chi connectivity index (χ3v) is 1.89. The Morgan fingerprint density at radius 3 is 2.18 bits per heavy atom. The van der Waals surface area contributed by atoms with Crippen LogP contribution in [-0.2, 0) is 4.74 Å². The van der Waals surface area contributed by atoms with Crippen LogP contribution in [0.5, 0.6) is 0 Å². The summed E-state index contributed by atoms with van der Waals surface area (Å²) in [5, 5.41) is 8.75. The Kier molecular flexibility index (Phi) is 2.34.